The van der Waals surface area contributed by atoms with Crippen LogP contribution in [0.4, 0.5) is 0 Å². The van der Waals surface area contributed by atoms with Gasteiger partial charge < -0.3 is 9.88 Å². The molecule has 0 radical (unpaired) electrons. The molecule has 3 heterocycles. The van der Waals surface area contributed by atoms with E-state index in [1.165, 1.54) is 0 Å². The first-order valence-corrected chi connectivity index (χ1v) is 6.89. The SMILES string of the molecule is Cc1cnc2c(c1)[nH]c(=S)n2CC(=O)N1CCCC1. The zero-order valence-corrected chi connectivity index (χ0v) is 11.7. The number of amides is 1. The smallest absolute Gasteiger partial charge is 0.242 e. The molecule has 19 heavy (non-hydrogen) atoms. The van der Waals surface area contributed by atoms with Crippen molar-refractivity contribution in [3.05, 3.63) is 22.6 Å². The number of H-pyrrole nitrogens is 1. The molecule has 100 valence electrons. The molecule has 3 rings (SSSR count). The van der Waals surface area contributed by atoms with E-state index in [-0.39, 0.29) is 12.5 Å². The third-order valence-corrected chi connectivity index (χ3v) is 3.82. The molecular formula is C13H16N4OS. The molecule has 6 heteroatoms. The maximum absolute atomic E-state index is 12.2. The van der Waals surface area contributed by atoms with Gasteiger partial charge in [0.15, 0.2) is 10.4 Å². The molecule has 2 aromatic heterocycles. The Kier molecular flexibility index (Phi) is 3.10. The molecular weight excluding hydrogens is 260 g/mol. The second-order valence-corrected chi connectivity index (χ2v) is 5.37. The third-order valence-electron chi connectivity index (χ3n) is 3.50. The third kappa shape index (κ3) is 2.28. The summed E-state index contributed by atoms with van der Waals surface area (Å²) in [5.74, 6) is 0.122. The van der Waals surface area contributed by atoms with Crippen LogP contribution in [-0.2, 0) is 11.3 Å². The van der Waals surface area contributed by atoms with Gasteiger partial charge in [0.1, 0.15) is 6.54 Å². The van der Waals surface area contributed by atoms with Crippen molar-refractivity contribution in [1.82, 2.24) is 19.4 Å². The number of carbonyl (C=O) groups is 1. The van der Waals surface area contributed by atoms with Crippen molar-refractivity contribution in [2.75, 3.05) is 13.1 Å². The van der Waals surface area contributed by atoms with E-state index in [1.54, 1.807) is 10.8 Å². The van der Waals surface area contributed by atoms with E-state index in [0.717, 1.165) is 42.7 Å². The summed E-state index contributed by atoms with van der Waals surface area (Å²) >= 11 is 5.29. The number of likely N-dealkylation sites (tertiary alicyclic amines) is 1. The number of hydrogen-bond acceptors (Lipinski definition) is 3. The van der Waals surface area contributed by atoms with Gasteiger partial charge in [0.05, 0.1) is 5.52 Å². The number of fused-ring (bicyclic) bond motifs is 1. The topological polar surface area (TPSA) is 53.9 Å². The van der Waals surface area contributed by atoms with Crippen LogP contribution in [0.3, 0.4) is 0 Å². The Morgan fingerprint density at radius 2 is 2.21 bits per heavy atom. The minimum atomic E-state index is 0.122. The van der Waals surface area contributed by atoms with Crippen LogP contribution in [0.15, 0.2) is 12.3 Å². The first-order valence-electron chi connectivity index (χ1n) is 6.48. The Bertz CT molecular complexity index is 681. The van der Waals surface area contributed by atoms with Crippen molar-refractivity contribution in [1.29, 1.82) is 0 Å². The van der Waals surface area contributed by atoms with Gasteiger partial charge in [-0.25, -0.2) is 4.98 Å². The number of hydrogen-bond donors (Lipinski definition) is 1. The lowest BCUT2D eigenvalue weighted by atomic mass is 10.3. The molecule has 0 unspecified atom stereocenters. The van der Waals surface area contributed by atoms with E-state index >= 15 is 0 Å². The van der Waals surface area contributed by atoms with Gasteiger partial charge in [-0.2, -0.15) is 0 Å². The van der Waals surface area contributed by atoms with Gasteiger partial charge >= 0.3 is 0 Å². The van der Waals surface area contributed by atoms with Crippen molar-refractivity contribution in [3.8, 4) is 0 Å². The molecule has 0 aromatic carbocycles. The van der Waals surface area contributed by atoms with E-state index in [2.05, 4.69) is 9.97 Å². The largest absolute Gasteiger partial charge is 0.341 e. The second kappa shape index (κ2) is 4.77. The monoisotopic (exact) mass is 276 g/mol. The quantitative estimate of drug-likeness (QED) is 0.854. The number of carbonyl (C=O) groups excluding carboxylic acids is 1. The Morgan fingerprint density at radius 3 is 2.95 bits per heavy atom. The fraction of sp³-hybridized carbons (Fsp3) is 0.462. The molecule has 0 saturated carbocycles. The van der Waals surface area contributed by atoms with E-state index in [9.17, 15) is 4.79 Å². The highest BCUT2D eigenvalue weighted by atomic mass is 32.1. The number of pyridine rings is 1. The summed E-state index contributed by atoms with van der Waals surface area (Å²) in [6.07, 6.45) is 3.99. The van der Waals surface area contributed by atoms with Gasteiger partial charge in [0, 0.05) is 19.3 Å². The first kappa shape index (κ1) is 12.3. The van der Waals surface area contributed by atoms with Gasteiger partial charge in [-0.05, 0) is 43.6 Å². The van der Waals surface area contributed by atoms with E-state index in [1.807, 2.05) is 17.9 Å². The van der Waals surface area contributed by atoms with E-state index < -0.39 is 0 Å². The van der Waals surface area contributed by atoms with Crippen LogP contribution in [0.2, 0.25) is 0 Å². The van der Waals surface area contributed by atoms with Gasteiger partial charge in [0.25, 0.3) is 0 Å². The maximum atomic E-state index is 12.2. The Balaban J connectivity index is 1.94. The standard InChI is InChI=1S/C13H16N4OS/c1-9-6-10-12(14-7-9)17(13(19)15-10)8-11(18)16-4-2-3-5-16/h6-7H,2-5,8H2,1H3,(H,15,19). The highest BCUT2D eigenvalue weighted by Crippen LogP contribution is 2.14. The van der Waals surface area contributed by atoms with E-state index in [4.69, 9.17) is 12.2 Å². The summed E-state index contributed by atoms with van der Waals surface area (Å²) in [6.45, 7) is 3.98. The van der Waals surface area contributed by atoms with Crippen molar-refractivity contribution in [3.63, 3.8) is 0 Å². The molecule has 1 N–H and O–H groups in total. The predicted molar refractivity (Wildman–Crippen MR) is 75.5 cm³/mol. The lowest BCUT2D eigenvalue weighted by Gasteiger charge is -2.15. The average Bonchev–Trinajstić information content (AvgIpc) is 2.98. The summed E-state index contributed by atoms with van der Waals surface area (Å²) in [7, 11) is 0. The van der Waals surface area contributed by atoms with Crippen LogP contribution in [0.1, 0.15) is 18.4 Å². The average molecular weight is 276 g/mol. The molecule has 1 aliphatic heterocycles. The summed E-state index contributed by atoms with van der Waals surface area (Å²) in [4.78, 5) is 21.6. The maximum Gasteiger partial charge on any atom is 0.242 e. The summed E-state index contributed by atoms with van der Waals surface area (Å²) in [6, 6.07) is 2.00. The van der Waals surface area contributed by atoms with Crippen LogP contribution >= 0.6 is 12.2 Å². The van der Waals surface area contributed by atoms with Crippen LogP contribution < -0.4 is 0 Å². The summed E-state index contributed by atoms with van der Waals surface area (Å²) < 4.78 is 2.34. The minimum Gasteiger partial charge on any atom is -0.341 e. The predicted octanol–water partition coefficient (Wildman–Crippen LogP) is 2.02. The van der Waals surface area contributed by atoms with E-state index in [0.29, 0.717) is 4.77 Å². The highest BCUT2D eigenvalue weighted by molar-refractivity contribution is 7.71. The molecule has 1 amide bonds. The number of aromatic amines is 1. The number of aryl methyl sites for hydroxylation is 1. The normalized spacial score (nSPS) is 15.3. The number of aromatic nitrogens is 3. The summed E-state index contributed by atoms with van der Waals surface area (Å²) in [5.41, 5.74) is 2.71. The number of imidazole rings is 1. The fourth-order valence-electron chi connectivity index (χ4n) is 2.50. The lowest BCUT2D eigenvalue weighted by Crippen LogP contribution is -2.31. The van der Waals surface area contributed by atoms with Crippen LogP contribution in [0.25, 0.3) is 11.2 Å². The van der Waals surface area contributed by atoms with Gasteiger partial charge in [-0.15, -0.1) is 0 Å². The summed E-state index contributed by atoms with van der Waals surface area (Å²) in [5, 5.41) is 0. The zero-order chi connectivity index (χ0) is 13.4. The highest BCUT2D eigenvalue weighted by Gasteiger charge is 2.19. The minimum absolute atomic E-state index is 0.122. The Labute approximate surface area is 116 Å². The Morgan fingerprint density at radius 1 is 1.47 bits per heavy atom. The van der Waals surface area contributed by atoms with Crippen molar-refractivity contribution >= 4 is 29.3 Å². The van der Waals surface area contributed by atoms with Crippen LogP contribution in [0, 0.1) is 11.7 Å². The number of nitrogens with one attached hydrogen (secondary N) is 1. The van der Waals surface area contributed by atoms with Crippen molar-refractivity contribution in [2.24, 2.45) is 0 Å². The Hall–Kier alpha value is -1.69. The number of nitrogens with zero attached hydrogens (tertiary/aromatic N) is 3. The van der Waals surface area contributed by atoms with Crippen molar-refractivity contribution in [2.45, 2.75) is 26.3 Å². The molecule has 1 aliphatic rings. The van der Waals surface area contributed by atoms with Crippen LogP contribution in [0.5, 0.6) is 0 Å². The van der Waals surface area contributed by atoms with Crippen molar-refractivity contribution < 1.29 is 4.79 Å². The molecule has 0 aliphatic carbocycles. The molecule has 5 nitrogen and oxygen atoms in total. The lowest BCUT2D eigenvalue weighted by molar-refractivity contribution is -0.130. The molecule has 0 atom stereocenters. The second-order valence-electron chi connectivity index (χ2n) is 4.99. The van der Waals surface area contributed by atoms with Gasteiger partial charge in [-0.3, -0.25) is 9.36 Å². The molecule has 2 aromatic rings. The zero-order valence-electron chi connectivity index (χ0n) is 10.8. The van der Waals surface area contributed by atoms with Crippen LogP contribution in [-0.4, -0.2) is 38.4 Å². The molecule has 1 saturated heterocycles. The molecule has 1 fully saturated rings. The molecule has 0 bridgehead atoms. The first-order chi connectivity index (χ1) is 9.15. The number of rotatable bonds is 2. The van der Waals surface area contributed by atoms with Gasteiger partial charge in [-0.1, -0.05) is 0 Å². The van der Waals surface area contributed by atoms with Gasteiger partial charge in [0.2, 0.25) is 5.91 Å². The molecule has 0 spiro atoms. The fourth-order valence-corrected chi connectivity index (χ4v) is 2.76.